The monoisotopic (exact) mass is 434 g/mol. The minimum absolute atomic E-state index is 0.0000385. The number of non-ortho nitro benzene ring substituents is 1. The van der Waals surface area contributed by atoms with Crippen molar-refractivity contribution in [3.63, 3.8) is 0 Å². The Morgan fingerprint density at radius 3 is 2.20 bits per heavy atom. The second kappa shape index (κ2) is 9.52. The highest BCUT2D eigenvalue weighted by atomic mass is 32.2. The summed E-state index contributed by atoms with van der Waals surface area (Å²) in [7, 11) is -0.133. The van der Waals surface area contributed by atoms with Gasteiger partial charge in [0.1, 0.15) is 5.75 Å². The van der Waals surface area contributed by atoms with Gasteiger partial charge in [0.25, 0.3) is 5.69 Å². The van der Waals surface area contributed by atoms with Crippen molar-refractivity contribution in [3.05, 3.63) is 64.2 Å². The van der Waals surface area contributed by atoms with E-state index in [4.69, 9.17) is 4.74 Å². The molecule has 1 saturated heterocycles. The lowest BCUT2D eigenvalue weighted by molar-refractivity contribution is -0.384. The number of benzene rings is 2. The van der Waals surface area contributed by atoms with Crippen molar-refractivity contribution >= 4 is 15.7 Å². The molecule has 30 heavy (non-hydrogen) atoms. The number of piperazine rings is 1. The van der Waals surface area contributed by atoms with Crippen molar-refractivity contribution in [2.75, 3.05) is 46.9 Å². The molecule has 9 nitrogen and oxygen atoms in total. The number of nitro groups is 1. The number of likely N-dealkylation sites (N-methyl/N-ethyl adjacent to an activating group) is 1. The molecule has 0 unspecified atom stereocenters. The zero-order chi connectivity index (χ0) is 21.7. The lowest BCUT2D eigenvalue weighted by Crippen LogP contribution is -2.48. The Labute approximate surface area is 176 Å². The number of methoxy groups -OCH3 is 1. The number of nitro benzene ring substituents is 1. The van der Waals surface area contributed by atoms with Crippen LogP contribution in [0.15, 0.2) is 53.4 Å². The molecule has 2 aromatic carbocycles. The maximum Gasteiger partial charge on any atom is 0.269 e. The van der Waals surface area contributed by atoms with E-state index in [1.54, 1.807) is 7.11 Å². The Kier molecular flexibility index (Phi) is 7.03. The van der Waals surface area contributed by atoms with Gasteiger partial charge in [-0.3, -0.25) is 15.0 Å². The van der Waals surface area contributed by atoms with E-state index in [0.29, 0.717) is 0 Å². The average molecular weight is 435 g/mol. The van der Waals surface area contributed by atoms with Gasteiger partial charge in [0, 0.05) is 50.9 Å². The van der Waals surface area contributed by atoms with Crippen molar-refractivity contribution in [2.24, 2.45) is 0 Å². The highest BCUT2D eigenvalue weighted by Gasteiger charge is 2.26. The van der Waals surface area contributed by atoms with Crippen LogP contribution in [0, 0.1) is 10.1 Å². The third-order valence-electron chi connectivity index (χ3n) is 5.30. The van der Waals surface area contributed by atoms with Crippen LogP contribution in [0.1, 0.15) is 11.6 Å². The molecule has 3 rings (SSSR count). The van der Waals surface area contributed by atoms with E-state index >= 15 is 0 Å². The normalized spacial score (nSPS) is 16.9. The zero-order valence-corrected chi connectivity index (χ0v) is 17.8. The predicted molar refractivity (Wildman–Crippen MR) is 113 cm³/mol. The van der Waals surface area contributed by atoms with E-state index in [0.717, 1.165) is 37.5 Å². The Hall–Kier alpha value is -2.53. The van der Waals surface area contributed by atoms with Gasteiger partial charge in [-0.15, -0.1) is 0 Å². The van der Waals surface area contributed by atoms with Crippen LogP contribution in [0.3, 0.4) is 0 Å². The van der Waals surface area contributed by atoms with Crippen LogP contribution in [0.2, 0.25) is 0 Å². The Balaban J connectivity index is 1.78. The topological polar surface area (TPSA) is 105 Å². The van der Waals surface area contributed by atoms with Gasteiger partial charge in [0.05, 0.1) is 16.9 Å². The van der Waals surface area contributed by atoms with E-state index < -0.39 is 14.9 Å². The van der Waals surface area contributed by atoms with Gasteiger partial charge in [0.15, 0.2) is 0 Å². The number of sulfonamides is 1. The molecule has 0 saturated carbocycles. The third-order valence-corrected chi connectivity index (χ3v) is 6.74. The van der Waals surface area contributed by atoms with Crippen molar-refractivity contribution in [2.45, 2.75) is 10.9 Å². The molecule has 1 heterocycles. The van der Waals surface area contributed by atoms with Crippen LogP contribution in [0.25, 0.3) is 0 Å². The number of hydrogen-bond acceptors (Lipinski definition) is 7. The van der Waals surface area contributed by atoms with Crippen molar-refractivity contribution in [1.82, 2.24) is 14.5 Å². The number of rotatable bonds is 8. The summed E-state index contributed by atoms with van der Waals surface area (Å²) in [5, 5.41) is 10.8. The van der Waals surface area contributed by atoms with E-state index in [2.05, 4.69) is 21.6 Å². The fraction of sp³-hybridized carbons (Fsp3) is 0.400. The first-order chi connectivity index (χ1) is 14.3. The number of ether oxygens (including phenoxy) is 1. The summed E-state index contributed by atoms with van der Waals surface area (Å²) in [6, 6.07) is 12.4. The Morgan fingerprint density at radius 1 is 1.07 bits per heavy atom. The van der Waals surface area contributed by atoms with Gasteiger partial charge in [-0.1, -0.05) is 12.1 Å². The van der Waals surface area contributed by atoms with Crippen LogP contribution >= 0.6 is 0 Å². The molecule has 1 aliphatic heterocycles. The van der Waals surface area contributed by atoms with Crippen LogP contribution in [0.5, 0.6) is 5.75 Å². The first-order valence-electron chi connectivity index (χ1n) is 9.61. The highest BCUT2D eigenvalue weighted by molar-refractivity contribution is 7.89. The van der Waals surface area contributed by atoms with E-state index in [1.165, 1.54) is 24.3 Å². The number of hydrogen-bond donors (Lipinski definition) is 1. The zero-order valence-electron chi connectivity index (χ0n) is 17.0. The highest BCUT2D eigenvalue weighted by Crippen LogP contribution is 2.25. The smallest absolute Gasteiger partial charge is 0.269 e. The maximum atomic E-state index is 12.8. The lowest BCUT2D eigenvalue weighted by atomic mass is 10.0. The van der Waals surface area contributed by atoms with Crippen LogP contribution in [0.4, 0.5) is 5.69 Å². The second-order valence-corrected chi connectivity index (χ2v) is 9.00. The Bertz CT molecular complexity index is 956. The van der Waals surface area contributed by atoms with Crippen molar-refractivity contribution < 1.29 is 18.1 Å². The minimum Gasteiger partial charge on any atom is -0.497 e. The van der Waals surface area contributed by atoms with E-state index in [9.17, 15) is 18.5 Å². The minimum atomic E-state index is -3.80. The summed E-state index contributed by atoms with van der Waals surface area (Å²) < 4.78 is 33.4. The van der Waals surface area contributed by atoms with Gasteiger partial charge < -0.3 is 9.64 Å². The summed E-state index contributed by atoms with van der Waals surface area (Å²) in [5.74, 6) is 0.738. The maximum absolute atomic E-state index is 12.8. The molecule has 10 heteroatoms. The number of nitrogens with one attached hydrogen (secondary N) is 1. The predicted octanol–water partition coefficient (Wildman–Crippen LogP) is 1.87. The fourth-order valence-electron chi connectivity index (χ4n) is 3.44. The largest absolute Gasteiger partial charge is 0.497 e. The van der Waals surface area contributed by atoms with Gasteiger partial charge >= 0.3 is 0 Å². The molecule has 1 atom stereocenters. The first-order valence-corrected chi connectivity index (χ1v) is 11.1. The average Bonchev–Trinajstić information content (AvgIpc) is 2.75. The molecule has 0 spiro atoms. The van der Waals surface area contributed by atoms with Gasteiger partial charge in [-0.2, -0.15) is 0 Å². The van der Waals surface area contributed by atoms with Crippen molar-refractivity contribution in [1.29, 1.82) is 0 Å². The molecule has 162 valence electrons. The van der Waals surface area contributed by atoms with E-state index in [1.807, 2.05) is 24.3 Å². The number of nitrogens with zero attached hydrogens (tertiary/aromatic N) is 3. The SMILES string of the molecule is COc1ccc([C@H](CNS(=O)(=O)c2ccc([N+](=O)[O-])cc2)N2CCN(C)CC2)cc1. The quantitative estimate of drug-likeness (QED) is 0.499. The second-order valence-electron chi connectivity index (χ2n) is 7.23. The molecular weight excluding hydrogens is 408 g/mol. The molecule has 1 fully saturated rings. The summed E-state index contributed by atoms with van der Waals surface area (Å²) in [6.45, 7) is 3.65. The van der Waals surface area contributed by atoms with Crippen LogP contribution < -0.4 is 9.46 Å². The molecule has 0 radical (unpaired) electrons. The van der Waals surface area contributed by atoms with Gasteiger partial charge in [-0.25, -0.2) is 13.1 Å². The molecular formula is C20H26N4O5S. The van der Waals surface area contributed by atoms with Gasteiger partial charge in [-0.05, 0) is 36.9 Å². The van der Waals surface area contributed by atoms with Crippen molar-refractivity contribution in [3.8, 4) is 5.75 Å². The van der Waals surface area contributed by atoms with Crippen LogP contribution in [-0.4, -0.2) is 70.0 Å². The van der Waals surface area contributed by atoms with Gasteiger partial charge in [0.2, 0.25) is 10.0 Å². The molecule has 0 bridgehead atoms. The molecule has 1 N–H and O–H groups in total. The fourth-order valence-corrected chi connectivity index (χ4v) is 4.47. The first kappa shape index (κ1) is 22.2. The van der Waals surface area contributed by atoms with Crippen LogP contribution in [-0.2, 0) is 10.0 Å². The molecule has 0 amide bonds. The third kappa shape index (κ3) is 5.33. The summed E-state index contributed by atoms with van der Waals surface area (Å²) in [5.41, 5.74) is 0.842. The lowest BCUT2D eigenvalue weighted by Gasteiger charge is -2.38. The molecule has 1 aliphatic rings. The summed E-state index contributed by atoms with van der Waals surface area (Å²) in [6.07, 6.45) is 0. The Morgan fingerprint density at radius 2 is 1.67 bits per heavy atom. The molecule has 0 aliphatic carbocycles. The summed E-state index contributed by atoms with van der Waals surface area (Å²) >= 11 is 0. The van der Waals surface area contributed by atoms with E-state index in [-0.39, 0.29) is 23.2 Å². The molecule has 0 aromatic heterocycles. The standard InChI is InChI=1S/C20H26N4O5S/c1-22-11-13-23(14-12-22)20(16-3-7-18(29-2)8-4-16)15-21-30(27,28)19-9-5-17(6-10-19)24(25)26/h3-10,20-21H,11-15H2,1-2H3/t20-/m0/s1. The molecule has 2 aromatic rings. The summed E-state index contributed by atoms with van der Waals surface area (Å²) in [4.78, 5) is 14.7.